The van der Waals surface area contributed by atoms with E-state index in [0.717, 1.165) is 31.9 Å². The Morgan fingerprint density at radius 2 is 1.60 bits per heavy atom. The van der Waals surface area contributed by atoms with Crippen LogP contribution in [0.5, 0.6) is 5.75 Å². The van der Waals surface area contributed by atoms with Gasteiger partial charge < -0.3 is 9.47 Å². The van der Waals surface area contributed by atoms with Crippen LogP contribution in [-0.2, 0) is 10.8 Å². The lowest BCUT2D eigenvalue weighted by Gasteiger charge is -2.29. The van der Waals surface area contributed by atoms with Gasteiger partial charge in [-0.05, 0) is 43.4 Å². The molecule has 0 aromatic heterocycles. The van der Waals surface area contributed by atoms with Crippen molar-refractivity contribution in [3.05, 3.63) is 64.0 Å². The Morgan fingerprint density at radius 1 is 0.967 bits per heavy atom. The summed E-state index contributed by atoms with van der Waals surface area (Å²) in [7, 11) is 0. The molecule has 1 saturated heterocycles. The van der Waals surface area contributed by atoms with Crippen LogP contribution in [0.15, 0.2) is 18.2 Å². The number of rotatable bonds is 5. The molecule has 9 heteroatoms. The molecule has 1 heterocycles. The van der Waals surface area contributed by atoms with E-state index in [1.807, 2.05) is 6.92 Å². The van der Waals surface area contributed by atoms with Crippen molar-refractivity contribution in [2.75, 3.05) is 6.61 Å². The first-order valence-electron chi connectivity index (χ1n) is 9.37. The molecule has 0 bridgehead atoms. The van der Waals surface area contributed by atoms with Crippen molar-refractivity contribution in [3.8, 4) is 5.75 Å². The van der Waals surface area contributed by atoms with E-state index < -0.39 is 58.2 Å². The van der Waals surface area contributed by atoms with Crippen LogP contribution in [0.1, 0.15) is 49.0 Å². The van der Waals surface area contributed by atoms with E-state index in [1.165, 1.54) is 0 Å². The van der Waals surface area contributed by atoms with Gasteiger partial charge in [-0.25, -0.2) is 22.0 Å². The molecule has 0 spiro atoms. The third-order valence-corrected chi connectivity index (χ3v) is 5.27. The van der Waals surface area contributed by atoms with Gasteiger partial charge in [0.1, 0.15) is 22.9 Å². The molecule has 1 aliphatic heterocycles. The second kappa shape index (κ2) is 8.45. The summed E-state index contributed by atoms with van der Waals surface area (Å²) in [5, 5.41) is 0. The van der Waals surface area contributed by atoms with Crippen LogP contribution in [0.25, 0.3) is 0 Å². The third kappa shape index (κ3) is 4.26. The number of alkyl halides is 2. The maximum absolute atomic E-state index is 14.5. The monoisotopic (exact) mass is 436 g/mol. The molecule has 0 amide bonds. The number of hydrogen-bond donors (Lipinski definition) is 0. The van der Waals surface area contributed by atoms with Crippen LogP contribution in [0.2, 0.25) is 0 Å². The molecular weight excluding hydrogens is 417 g/mol. The van der Waals surface area contributed by atoms with E-state index in [9.17, 15) is 30.7 Å². The van der Waals surface area contributed by atoms with Crippen molar-refractivity contribution in [1.29, 1.82) is 0 Å². The Kier molecular flexibility index (Phi) is 6.31. The number of ether oxygens (including phenoxy) is 2. The zero-order chi connectivity index (χ0) is 22.2. The van der Waals surface area contributed by atoms with Crippen molar-refractivity contribution < 1.29 is 40.2 Å². The minimum atomic E-state index is -4.62. The zero-order valence-corrected chi connectivity index (χ0v) is 16.2. The van der Waals surface area contributed by atoms with Crippen LogP contribution >= 0.6 is 0 Å². The summed E-state index contributed by atoms with van der Waals surface area (Å²) in [6.45, 7) is 3.25. The van der Waals surface area contributed by atoms with Gasteiger partial charge in [-0.3, -0.25) is 0 Å². The fourth-order valence-electron chi connectivity index (χ4n) is 3.41. The predicted molar refractivity (Wildman–Crippen MR) is 93.6 cm³/mol. The fraction of sp³-hybridized carbons (Fsp3) is 0.429. The fourth-order valence-corrected chi connectivity index (χ4v) is 3.41. The SMILES string of the molecule is CCC1CCC(c2cc(F)c(C(F)(F)Oc3cc(F)c(F)c(F)c3C)c(F)c2)OC1. The molecule has 0 saturated carbocycles. The van der Waals surface area contributed by atoms with Crippen LogP contribution < -0.4 is 4.74 Å². The van der Waals surface area contributed by atoms with Gasteiger partial charge in [0.25, 0.3) is 0 Å². The topological polar surface area (TPSA) is 18.5 Å². The lowest BCUT2D eigenvalue weighted by molar-refractivity contribution is -0.190. The molecule has 30 heavy (non-hydrogen) atoms. The van der Waals surface area contributed by atoms with Crippen molar-refractivity contribution in [3.63, 3.8) is 0 Å². The molecule has 1 aliphatic rings. The zero-order valence-electron chi connectivity index (χ0n) is 16.2. The van der Waals surface area contributed by atoms with Crippen LogP contribution in [0.4, 0.5) is 30.7 Å². The number of hydrogen-bond acceptors (Lipinski definition) is 2. The largest absolute Gasteiger partial charge is 0.432 e. The molecule has 164 valence electrons. The molecule has 2 atom stereocenters. The van der Waals surface area contributed by atoms with Gasteiger partial charge in [0.05, 0.1) is 12.7 Å². The molecule has 2 unspecified atom stereocenters. The molecule has 0 radical (unpaired) electrons. The van der Waals surface area contributed by atoms with Gasteiger partial charge in [0.2, 0.25) is 0 Å². The Morgan fingerprint density at radius 3 is 2.13 bits per heavy atom. The second-order valence-corrected chi connectivity index (χ2v) is 7.26. The highest BCUT2D eigenvalue weighted by molar-refractivity contribution is 5.37. The molecule has 3 rings (SSSR count). The molecule has 2 nitrogen and oxygen atoms in total. The van der Waals surface area contributed by atoms with E-state index in [-0.39, 0.29) is 11.6 Å². The molecule has 2 aromatic carbocycles. The van der Waals surface area contributed by atoms with Crippen molar-refractivity contribution in [2.24, 2.45) is 5.92 Å². The van der Waals surface area contributed by atoms with Crippen molar-refractivity contribution in [1.82, 2.24) is 0 Å². The predicted octanol–water partition coefficient (Wildman–Crippen LogP) is 6.70. The summed E-state index contributed by atoms with van der Waals surface area (Å²) >= 11 is 0. The Balaban J connectivity index is 1.90. The summed E-state index contributed by atoms with van der Waals surface area (Å²) in [6.07, 6.45) is -3.11. The van der Waals surface area contributed by atoms with Crippen LogP contribution in [0, 0.1) is 41.9 Å². The van der Waals surface area contributed by atoms with E-state index >= 15 is 0 Å². The summed E-state index contributed by atoms with van der Waals surface area (Å²) in [4.78, 5) is 0. The Hall–Kier alpha value is -2.29. The first-order valence-corrected chi connectivity index (χ1v) is 9.37. The van der Waals surface area contributed by atoms with Crippen molar-refractivity contribution >= 4 is 0 Å². The number of benzene rings is 2. The second-order valence-electron chi connectivity index (χ2n) is 7.26. The summed E-state index contributed by atoms with van der Waals surface area (Å²) in [5.74, 6) is -9.35. The Bertz CT molecular complexity index is 914. The maximum Gasteiger partial charge on any atom is 0.432 e. The first-order chi connectivity index (χ1) is 14.0. The standard InChI is InChI=1S/C21H19F7O2/c1-3-11-4-5-16(29-9-11)12-6-13(22)18(14(23)7-12)21(27,28)30-17-8-15(24)20(26)19(25)10(17)2/h6-8,11,16H,3-5,9H2,1-2H3. The molecule has 2 aromatic rings. The van der Waals surface area contributed by atoms with E-state index in [1.54, 1.807) is 0 Å². The lowest BCUT2D eigenvalue weighted by atomic mass is 9.92. The van der Waals surface area contributed by atoms with Crippen molar-refractivity contribution in [2.45, 2.75) is 45.3 Å². The molecule has 1 fully saturated rings. The highest BCUT2D eigenvalue weighted by atomic mass is 19.3. The maximum atomic E-state index is 14.5. The smallest absolute Gasteiger partial charge is 0.428 e. The van der Waals surface area contributed by atoms with Gasteiger partial charge in [-0.1, -0.05) is 13.3 Å². The van der Waals surface area contributed by atoms with Gasteiger partial charge >= 0.3 is 6.11 Å². The summed E-state index contributed by atoms with van der Waals surface area (Å²) in [6, 6.07) is 1.64. The van der Waals surface area contributed by atoms with E-state index in [2.05, 4.69) is 4.74 Å². The third-order valence-electron chi connectivity index (χ3n) is 5.27. The van der Waals surface area contributed by atoms with Gasteiger partial charge in [0, 0.05) is 11.6 Å². The minimum Gasteiger partial charge on any atom is -0.428 e. The van der Waals surface area contributed by atoms with Gasteiger partial charge in [-0.15, -0.1) is 0 Å². The van der Waals surface area contributed by atoms with E-state index in [4.69, 9.17) is 4.74 Å². The minimum absolute atomic E-state index is 0.0640. The van der Waals surface area contributed by atoms with Gasteiger partial charge in [-0.2, -0.15) is 8.78 Å². The molecule has 0 aliphatic carbocycles. The number of halogens is 7. The van der Waals surface area contributed by atoms with Crippen LogP contribution in [0.3, 0.4) is 0 Å². The average Bonchev–Trinajstić information content (AvgIpc) is 2.69. The molecule has 0 N–H and O–H groups in total. The summed E-state index contributed by atoms with van der Waals surface area (Å²) in [5.41, 5.74) is -2.43. The van der Waals surface area contributed by atoms with Gasteiger partial charge in [0.15, 0.2) is 17.5 Å². The average molecular weight is 436 g/mol. The normalized spacial score (nSPS) is 19.8. The lowest BCUT2D eigenvalue weighted by Crippen LogP contribution is -2.27. The Labute approximate surface area is 168 Å². The van der Waals surface area contributed by atoms with E-state index in [0.29, 0.717) is 18.9 Å². The highest BCUT2D eigenvalue weighted by Crippen LogP contribution is 2.40. The molecular formula is C21H19F7O2. The van der Waals surface area contributed by atoms with Crippen LogP contribution in [-0.4, -0.2) is 6.61 Å². The highest BCUT2D eigenvalue weighted by Gasteiger charge is 2.42. The first kappa shape index (κ1) is 22.4. The quantitative estimate of drug-likeness (QED) is 0.384. The summed E-state index contributed by atoms with van der Waals surface area (Å²) < 4.78 is 108.